The third-order valence-electron chi connectivity index (χ3n) is 5.84. The van der Waals surface area contributed by atoms with E-state index in [9.17, 15) is 13.2 Å². The smallest absolute Gasteiger partial charge is 0.271 e. The van der Waals surface area contributed by atoms with Gasteiger partial charge in [-0.2, -0.15) is 4.31 Å². The van der Waals surface area contributed by atoms with Crippen LogP contribution in [0.5, 0.6) is 0 Å². The van der Waals surface area contributed by atoms with Gasteiger partial charge in [0, 0.05) is 50.5 Å². The number of carbonyl (C=O) groups excluding carboxylic acids is 1. The lowest BCUT2D eigenvalue weighted by Gasteiger charge is -2.34. The van der Waals surface area contributed by atoms with Crippen LogP contribution in [0.1, 0.15) is 0 Å². The van der Waals surface area contributed by atoms with Crippen molar-refractivity contribution in [1.29, 1.82) is 0 Å². The standard InChI is InChI=1S/C22H26N4O4S/c1-24-12-14-25(15-13-24)20-6-2-17(3-7-20)18-4-8-21(9-5-18)31(29,30)26-11-10-19(16-26)22(27)23-28/h2-10,28H,11-16H2,1H3,(H,23,27). The van der Waals surface area contributed by atoms with Gasteiger partial charge in [0.1, 0.15) is 0 Å². The highest BCUT2D eigenvalue weighted by Crippen LogP contribution is 2.27. The summed E-state index contributed by atoms with van der Waals surface area (Å²) in [6.07, 6.45) is 1.50. The number of benzene rings is 2. The minimum atomic E-state index is -3.73. The van der Waals surface area contributed by atoms with Crippen molar-refractivity contribution in [2.45, 2.75) is 4.90 Å². The number of nitrogens with zero attached hydrogens (tertiary/aromatic N) is 3. The maximum absolute atomic E-state index is 12.9. The van der Waals surface area contributed by atoms with E-state index in [1.54, 1.807) is 24.3 Å². The Bertz CT molecular complexity index is 1070. The zero-order valence-corrected chi connectivity index (χ0v) is 18.2. The van der Waals surface area contributed by atoms with E-state index in [1.165, 1.54) is 21.5 Å². The first kappa shape index (κ1) is 21.5. The lowest BCUT2D eigenvalue weighted by Crippen LogP contribution is -2.44. The molecule has 0 unspecified atom stereocenters. The van der Waals surface area contributed by atoms with E-state index in [0.717, 1.165) is 37.3 Å². The van der Waals surface area contributed by atoms with Crippen LogP contribution in [0, 0.1) is 0 Å². The van der Waals surface area contributed by atoms with E-state index >= 15 is 0 Å². The Hall–Kier alpha value is -2.72. The van der Waals surface area contributed by atoms with Crippen molar-refractivity contribution in [1.82, 2.24) is 14.7 Å². The van der Waals surface area contributed by atoms with Crippen molar-refractivity contribution in [3.8, 4) is 11.1 Å². The second-order valence-corrected chi connectivity index (χ2v) is 9.77. The van der Waals surface area contributed by atoms with E-state index in [0.29, 0.717) is 0 Å². The van der Waals surface area contributed by atoms with E-state index < -0.39 is 15.9 Å². The summed E-state index contributed by atoms with van der Waals surface area (Å²) < 4.78 is 26.9. The second-order valence-electron chi connectivity index (χ2n) is 7.83. The Morgan fingerprint density at radius 3 is 2.10 bits per heavy atom. The summed E-state index contributed by atoms with van der Waals surface area (Å²) in [5, 5.41) is 8.73. The van der Waals surface area contributed by atoms with Crippen LogP contribution in [0.15, 0.2) is 65.1 Å². The normalized spacial score (nSPS) is 18.1. The van der Waals surface area contributed by atoms with Gasteiger partial charge in [0.25, 0.3) is 5.91 Å². The van der Waals surface area contributed by atoms with E-state index in [-0.39, 0.29) is 23.6 Å². The zero-order chi connectivity index (χ0) is 22.0. The molecule has 9 heteroatoms. The number of anilines is 1. The fourth-order valence-corrected chi connectivity index (χ4v) is 5.21. The van der Waals surface area contributed by atoms with Gasteiger partial charge in [0.15, 0.2) is 0 Å². The molecule has 0 aliphatic carbocycles. The molecular weight excluding hydrogens is 416 g/mol. The number of hydroxylamine groups is 1. The second kappa shape index (κ2) is 8.80. The first-order valence-corrected chi connectivity index (χ1v) is 11.6. The van der Waals surface area contributed by atoms with E-state index in [2.05, 4.69) is 41.1 Å². The molecule has 1 saturated heterocycles. The topological polar surface area (TPSA) is 93.2 Å². The van der Waals surface area contributed by atoms with Crippen LogP contribution in [0.3, 0.4) is 0 Å². The predicted molar refractivity (Wildman–Crippen MR) is 118 cm³/mol. The quantitative estimate of drug-likeness (QED) is 0.539. The Kier molecular flexibility index (Phi) is 6.10. The Balaban J connectivity index is 1.45. The first-order valence-electron chi connectivity index (χ1n) is 10.2. The van der Waals surface area contributed by atoms with Gasteiger partial charge < -0.3 is 9.80 Å². The van der Waals surface area contributed by atoms with Gasteiger partial charge in [0.05, 0.1) is 4.90 Å². The summed E-state index contributed by atoms with van der Waals surface area (Å²) in [5.41, 5.74) is 4.91. The number of amides is 1. The molecule has 1 amide bonds. The van der Waals surface area contributed by atoms with Crippen LogP contribution in [0.2, 0.25) is 0 Å². The number of nitrogens with one attached hydrogen (secondary N) is 1. The number of sulfonamides is 1. The summed E-state index contributed by atoms with van der Waals surface area (Å²) in [7, 11) is -1.59. The van der Waals surface area contributed by atoms with Crippen molar-refractivity contribution >= 4 is 21.6 Å². The number of rotatable bonds is 5. The number of hydrogen-bond acceptors (Lipinski definition) is 6. The highest BCUT2D eigenvalue weighted by molar-refractivity contribution is 7.89. The minimum Gasteiger partial charge on any atom is -0.369 e. The molecule has 31 heavy (non-hydrogen) atoms. The van der Waals surface area contributed by atoms with Crippen LogP contribution in [-0.4, -0.2) is 75.1 Å². The maximum Gasteiger partial charge on any atom is 0.271 e. The van der Waals surface area contributed by atoms with E-state index in [1.807, 2.05) is 0 Å². The average Bonchev–Trinajstić information content (AvgIpc) is 3.31. The molecule has 0 saturated carbocycles. The summed E-state index contributed by atoms with van der Waals surface area (Å²) in [6, 6.07) is 15.1. The fraction of sp³-hybridized carbons (Fsp3) is 0.318. The first-order chi connectivity index (χ1) is 14.9. The van der Waals surface area contributed by atoms with Crippen LogP contribution in [0.25, 0.3) is 11.1 Å². The molecule has 0 radical (unpaired) electrons. The third kappa shape index (κ3) is 4.49. The Morgan fingerprint density at radius 2 is 1.52 bits per heavy atom. The molecule has 164 valence electrons. The van der Waals surface area contributed by atoms with Crippen molar-refractivity contribution in [2.24, 2.45) is 0 Å². The molecule has 2 aromatic rings. The van der Waals surface area contributed by atoms with Crippen molar-refractivity contribution in [3.05, 3.63) is 60.2 Å². The minimum absolute atomic E-state index is 0.0652. The third-order valence-corrected chi connectivity index (χ3v) is 7.67. The molecule has 2 aliphatic heterocycles. The van der Waals surface area contributed by atoms with Crippen LogP contribution >= 0.6 is 0 Å². The molecule has 0 spiro atoms. The molecule has 0 atom stereocenters. The Morgan fingerprint density at radius 1 is 0.935 bits per heavy atom. The van der Waals surface area contributed by atoms with Gasteiger partial charge in [-0.1, -0.05) is 30.3 Å². The lowest BCUT2D eigenvalue weighted by molar-refractivity contribution is -0.125. The zero-order valence-electron chi connectivity index (χ0n) is 17.4. The molecule has 2 heterocycles. The molecule has 2 aliphatic rings. The monoisotopic (exact) mass is 442 g/mol. The van der Waals surface area contributed by atoms with Gasteiger partial charge in [-0.05, 0) is 42.4 Å². The van der Waals surface area contributed by atoms with Gasteiger partial charge in [-0.3, -0.25) is 10.0 Å². The lowest BCUT2D eigenvalue weighted by atomic mass is 10.1. The molecule has 0 aromatic heterocycles. The van der Waals surface area contributed by atoms with Crippen LogP contribution in [0.4, 0.5) is 5.69 Å². The SMILES string of the molecule is CN1CCN(c2ccc(-c3ccc(S(=O)(=O)N4CC=C(C(=O)NO)C4)cc3)cc2)CC1. The molecular formula is C22H26N4O4S. The average molecular weight is 443 g/mol. The van der Waals surface area contributed by atoms with Gasteiger partial charge in [-0.25, -0.2) is 13.9 Å². The highest BCUT2D eigenvalue weighted by Gasteiger charge is 2.30. The maximum atomic E-state index is 12.9. The number of hydrogen-bond donors (Lipinski definition) is 2. The molecule has 2 N–H and O–H groups in total. The summed E-state index contributed by atoms with van der Waals surface area (Å²) in [5.74, 6) is -0.687. The van der Waals surface area contributed by atoms with Gasteiger partial charge in [-0.15, -0.1) is 0 Å². The molecule has 8 nitrogen and oxygen atoms in total. The van der Waals surface area contributed by atoms with Gasteiger partial charge in [0.2, 0.25) is 10.0 Å². The summed E-state index contributed by atoms with van der Waals surface area (Å²) in [6.45, 7) is 4.16. The van der Waals surface area contributed by atoms with Crippen molar-refractivity contribution < 1.29 is 18.4 Å². The molecule has 4 rings (SSSR count). The summed E-state index contributed by atoms with van der Waals surface area (Å²) >= 11 is 0. The largest absolute Gasteiger partial charge is 0.369 e. The van der Waals surface area contributed by atoms with Crippen molar-refractivity contribution in [3.63, 3.8) is 0 Å². The summed E-state index contributed by atoms with van der Waals surface area (Å²) in [4.78, 5) is 16.4. The molecule has 2 aromatic carbocycles. The van der Waals surface area contributed by atoms with Crippen LogP contribution < -0.4 is 10.4 Å². The Labute approximate surface area is 182 Å². The number of piperazine rings is 1. The molecule has 0 bridgehead atoms. The fourth-order valence-electron chi connectivity index (χ4n) is 3.85. The molecule has 1 fully saturated rings. The number of likely N-dealkylation sites (N-methyl/N-ethyl adjacent to an activating group) is 1. The predicted octanol–water partition coefficient (Wildman–Crippen LogP) is 1.54. The van der Waals surface area contributed by atoms with Crippen LogP contribution in [-0.2, 0) is 14.8 Å². The highest BCUT2D eigenvalue weighted by atomic mass is 32.2. The van der Waals surface area contributed by atoms with Gasteiger partial charge >= 0.3 is 0 Å². The van der Waals surface area contributed by atoms with Crippen molar-refractivity contribution in [2.75, 3.05) is 51.2 Å². The van der Waals surface area contributed by atoms with E-state index in [4.69, 9.17) is 5.21 Å². The number of carbonyl (C=O) groups is 1.